The molecule has 7 heteroatoms. The van der Waals surface area contributed by atoms with Crippen LogP contribution in [-0.4, -0.2) is 25.7 Å². The van der Waals surface area contributed by atoms with Crippen LogP contribution in [0.1, 0.15) is 26.5 Å². The molecule has 0 atom stereocenters. The number of rotatable bonds is 5. The number of ketones is 1. The van der Waals surface area contributed by atoms with Crippen LogP contribution in [0.2, 0.25) is 5.02 Å². The maximum absolute atomic E-state index is 12.5. The zero-order valence-electron chi connectivity index (χ0n) is 15.9. The lowest BCUT2D eigenvalue weighted by atomic mass is 10.0. The molecule has 0 radical (unpaired) electrons. The largest absolute Gasteiger partial charge is 0.294 e. The van der Waals surface area contributed by atoms with Crippen molar-refractivity contribution in [3.05, 3.63) is 82.0 Å². The van der Waals surface area contributed by atoms with Crippen molar-refractivity contribution < 1.29 is 4.79 Å². The second kappa shape index (κ2) is 8.19. The number of aromatic nitrogens is 4. The Bertz CT molecular complexity index is 1190. The van der Waals surface area contributed by atoms with Crippen molar-refractivity contribution >= 4 is 28.7 Å². The zero-order chi connectivity index (χ0) is 20.4. The Morgan fingerprint density at radius 1 is 1.03 bits per heavy atom. The quantitative estimate of drug-likeness (QED) is 0.406. The predicted octanol–water partition coefficient (Wildman–Crippen LogP) is 5.36. The van der Waals surface area contributed by atoms with Crippen molar-refractivity contribution in [1.29, 1.82) is 0 Å². The van der Waals surface area contributed by atoms with Gasteiger partial charge in [-0.2, -0.15) is 0 Å². The number of halogens is 1. The molecule has 0 saturated heterocycles. The first kappa shape index (κ1) is 19.4. The third-order valence-electron chi connectivity index (χ3n) is 4.50. The van der Waals surface area contributed by atoms with Crippen LogP contribution in [0.15, 0.2) is 55.2 Å². The summed E-state index contributed by atoms with van der Waals surface area (Å²) < 4.78 is 0. The molecule has 0 spiro atoms. The maximum atomic E-state index is 12.5. The zero-order valence-corrected chi connectivity index (χ0v) is 17.5. The highest BCUT2D eigenvalue weighted by Gasteiger charge is 2.13. The van der Waals surface area contributed by atoms with Crippen molar-refractivity contribution in [2.75, 3.05) is 0 Å². The lowest BCUT2D eigenvalue weighted by molar-refractivity contribution is 0.0991. The average Bonchev–Trinajstić information content (AvgIpc) is 3.16. The molecule has 144 valence electrons. The Labute approximate surface area is 177 Å². The molecule has 0 fully saturated rings. The molecule has 29 heavy (non-hydrogen) atoms. The van der Waals surface area contributed by atoms with Crippen LogP contribution in [0.5, 0.6) is 0 Å². The molecule has 0 bridgehead atoms. The first-order chi connectivity index (χ1) is 14.0. The highest BCUT2D eigenvalue weighted by atomic mass is 35.5. The Balaban J connectivity index is 1.58. The summed E-state index contributed by atoms with van der Waals surface area (Å²) in [6.45, 7) is 3.92. The molecule has 0 aliphatic heterocycles. The first-order valence-electron chi connectivity index (χ1n) is 8.99. The van der Waals surface area contributed by atoms with Crippen LogP contribution in [0, 0.1) is 13.8 Å². The van der Waals surface area contributed by atoms with Gasteiger partial charge in [-0.1, -0.05) is 17.7 Å². The number of pyridine rings is 1. The fourth-order valence-corrected chi connectivity index (χ4v) is 3.92. The average molecular weight is 421 g/mol. The lowest BCUT2D eigenvalue weighted by Gasteiger charge is -2.07. The van der Waals surface area contributed by atoms with Gasteiger partial charge in [0.15, 0.2) is 5.78 Å². The van der Waals surface area contributed by atoms with Crippen molar-refractivity contribution in [3.8, 4) is 21.8 Å². The number of benzene rings is 1. The molecule has 0 amide bonds. The molecule has 4 rings (SSSR count). The maximum Gasteiger partial charge on any atom is 0.170 e. The smallest absolute Gasteiger partial charge is 0.170 e. The van der Waals surface area contributed by atoms with Gasteiger partial charge in [0.2, 0.25) is 0 Å². The van der Waals surface area contributed by atoms with Crippen molar-refractivity contribution in [2.24, 2.45) is 0 Å². The molecule has 0 unspecified atom stereocenters. The fourth-order valence-electron chi connectivity index (χ4n) is 2.94. The Kier molecular flexibility index (Phi) is 5.47. The van der Waals surface area contributed by atoms with Gasteiger partial charge in [-0.25, -0.2) is 4.98 Å². The molecule has 5 nitrogen and oxygen atoms in total. The van der Waals surface area contributed by atoms with Gasteiger partial charge in [0.05, 0.1) is 29.0 Å². The molecular formula is C22H17ClN4OS. The van der Waals surface area contributed by atoms with E-state index in [1.54, 1.807) is 36.1 Å². The number of carbonyl (C=O) groups is 1. The molecular weight excluding hydrogens is 404 g/mol. The van der Waals surface area contributed by atoms with Crippen molar-refractivity contribution in [3.63, 3.8) is 0 Å². The van der Waals surface area contributed by atoms with Gasteiger partial charge in [0.25, 0.3) is 0 Å². The minimum absolute atomic E-state index is 0.0307. The van der Waals surface area contributed by atoms with Crippen LogP contribution in [0.3, 0.4) is 0 Å². The van der Waals surface area contributed by atoms with E-state index in [1.165, 1.54) is 0 Å². The van der Waals surface area contributed by atoms with Crippen LogP contribution < -0.4 is 0 Å². The van der Waals surface area contributed by atoms with Crippen molar-refractivity contribution in [2.45, 2.75) is 20.3 Å². The van der Waals surface area contributed by atoms with E-state index in [0.717, 1.165) is 26.6 Å². The number of hydrogen-bond donors (Lipinski definition) is 0. The molecule has 4 aromatic rings. The fraction of sp³-hybridized carbons (Fsp3) is 0.136. The van der Waals surface area contributed by atoms with Gasteiger partial charge < -0.3 is 0 Å². The summed E-state index contributed by atoms with van der Waals surface area (Å²) in [5.41, 5.74) is 4.52. The highest BCUT2D eigenvalue weighted by molar-refractivity contribution is 7.14. The van der Waals surface area contributed by atoms with E-state index in [-0.39, 0.29) is 12.2 Å². The number of nitrogens with zero attached hydrogens (tertiary/aromatic N) is 4. The van der Waals surface area contributed by atoms with E-state index in [2.05, 4.69) is 19.9 Å². The summed E-state index contributed by atoms with van der Waals surface area (Å²) in [4.78, 5) is 31.0. The number of carbonyl (C=O) groups excluding carboxylic acids is 1. The number of aryl methyl sites for hydroxylation is 2. The van der Waals surface area contributed by atoms with Crippen molar-refractivity contribution in [1.82, 2.24) is 19.9 Å². The highest BCUT2D eigenvalue weighted by Crippen LogP contribution is 2.33. The molecule has 3 heterocycles. The molecule has 0 N–H and O–H groups in total. The molecule has 1 aromatic carbocycles. The summed E-state index contributed by atoms with van der Waals surface area (Å²) in [6, 6.07) is 7.57. The summed E-state index contributed by atoms with van der Waals surface area (Å²) in [5.74, 6) is -0.0307. The van der Waals surface area contributed by atoms with Crippen LogP contribution in [0.4, 0.5) is 0 Å². The Hall–Kier alpha value is -2.96. The van der Waals surface area contributed by atoms with E-state index in [4.69, 9.17) is 11.6 Å². The monoisotopic (exact) mass is 420 g/mol. The summed E-state index contributed by atoms with van der Waals surface area (Å²) >= 11 is 8.03. The lowest BCUT2D eigenvalue weighted by Crippen LogP contribution is -2.08. The van der Waals surface area contributed by atoms with Gasteiger partial charge in [0, 0.05) is 46.4 Å². The van der Waals surface area contributed by atoms with Gasteiger partial charge >= 0.3 is 0 Å². The summed E-state index contributed by atoms with van der Waals surface area (Å²) in [6.07, 6.45) is 8.55. The van der Waals surface area contributed by atoms with Gasteiger partial charge in [-0.3, -0.25) is 19.7 Å². The van der Waals surface area contributed by atoms with Gasteiger partial charge in [0.1, 0.15) is 5.01 Å². The van der Waals surface area contributed by atoms with Gasteiger partial charge in [-0.05, 0) is 37.6 Å². The van der Waals surface area contributed by atoms with Crippen LogP contribution in [-0.2, 0) is 6.42 Å². The SMILES string of the molecule is Cc1cnc(-c2ccc(Cl)c(-c3cnc(CC(=O)c4cnccc4C)cn3)c2)s1. The van der Waals surface area contributed by atoms with Gasteiger partial charge in [-0.15, -0.1) is 11.3 Å². The molecule has 0 aliphatic rings. The minimum Gasteiger partial charge on any atom is -0.294 e. The summed E-state index contributed by atoms with van der Waals surface area (Å²) in [7, 11) is 0. The minimum atomic E-state index is -0.0307. The molecule has 0 saturated carbocycles. The van der Waals surface area contributed by atoms with E-state index in [0.29, 0.717) is 22.0 Å². The topological polar surface area (TPSA) is 68.6 Å². The Morgan fingerprint density at radius 3 is 2.59 bits per heavy atom. The van der Waals surface area contributed by atoms with E-state index in [9.17, 15) is 4.79 Å². The van der Waals surface area contributed by atoms with E-state index in [1.807, 2.05) is 44.3 Å². The van der Waals surface area contributed by atoms with Crippen LogP contribution >= 0.6 is 22.9 Å². The normalized spacial score (nSPS) is 10.9. The Morgan fingerprint density at radius 2 is 1.90 bits per heavy atom. The molecule has 3 aromatic heterocycles. The number of thiazole rings is 1. The third-order valence-corrected chi connectivity index (χ3v) is 5.79. The number of hydrogen-bond acceptors (Lipinski definition) is 6. The van der Waals surface area contributed by atoms with E-state index >= 15 is 0 Å². The predicted molar refractivity (Wildman–Crippen MR) is 115 cm³/mol. The first-order valence-corrected chi connectivity index (χ1v) is 10.2. The summed E-state index contributed by atoms with van der Waals surface area (Å²) in [5, 5.41) is 1.52. The second-order valence-electron chi connectivity index (χ2n) is 6.65. The standard InChI is InChI=1S/C22H17ClN4OS/c1-13-5-6-24-11-18(13)21(28)8-16-10-26-20(12-25-16)17-7-15(3-4-19(17)23)22-27-9-14(2)29-22/h3-7,9-12H,8H2,1-2H3. The third kappa shape index (κ3) is 4.23. The van der Waals surface area contributed by atoms with Crippen LogP contribution in [0.25, 0.3) is 21.8 Å². The number of Topliss-reactive ketones (excluding diaryl/α,β-unsaturated/α-hetero) is 1. The second-order valence-corrected chi connectivity index (χ2v) is 8.30. The molecule has 0 aliphatic carbocycles. The van der Waals surface area contributed by atoms with E-state index < -0.39 is 0 Å².